The zero-order chi connectivity index (χ0) is 18.6. The summed E-state index contributed by atoms with van der Waals surface area (Å²) in [6, 6.07) is 13.3. The Bertz CT molecular complexity index is 698. The van der Waals surface area contributed by atoms with Gasteiger partial charge in [0.2, 0.25) is 0 Å². The molecule has 2 aromatic rings. The molecule has 1 unspecified atom stereocenters. The van der Waals surface area contributed by atoms with Crippen molar-refractivity contribution in [3.63, 3.8) is 0 Å². The van der Waals surface area contributed by atoms with Crippen LogP contribution < -0.4 is 0 Å². The summed E-state index contributed by atoms with van der Waals surface area (Å²) >= 11 is 0. The maximum atomic E-state index is 5.85. The Labute approximate surface area is 159 Å². The number of rotatable bonds is 12. The van der Waals surface area contributed by atoms with Crippen molar-refractivity contribution in [1.82, 2.24) is 0 Å². The molecule has 0 aliphatic rings. The highest BCUT2D eigenvalue weighted by Gasteiger charge is 2.01. The largest absolute Gasteiger partial charge is 0.379 e. The average molecular weight is 351 g/mol. The van der Waals surface area contributed by atoms with Crippen LogP contribution in [0.15, 0.2) is 55.1 Å². The molecule has 1 nitrogen and oxygen atoms in total. The van der Waals surface area contributed by atoms with E-state index in [-0.39, 0.29) is 0 Å². The molecule has 2 aromatic carbocycles. The van der Waals surface area contributed by atoms with Crippen LogP contribution in [-0.2, 0) is 11.2 Å². The summed E-state index contributed by atoms with van der Waals surface area (Å²) in [5, 5.41) is 2.60. The first-order chi connectivity index (χ1) is 12.7. The predicted octanol–water partition coefficient (Wildman–Crippen LogP) is 7.35. The Hall–Kier alpha value is -1.86. The fourth-order valence-electron chi connectivity index (χ4n) is 3.17. The molecule has 0 aliphatic carbocycles. The minimum atomic E-state index is 0.380. The van der Waals surface area contributed by atoms with E-state index in [0.717, 1.165) is 25.9 Å². The van der Waals surface area contributed by atoms with E-state index in [1.165, 1.54) is 47.6 Å². The standard InChI is InChI=1S/C25H34O/c1-4-6-10-18-26-21(3)12-8-7-9-13-23-15-17-24-19-22(11-5-2)14-16-25(24)20-23/h5,9,13-17,19-21H,2,4,6-8,10-12,18H2,1,3H3. The van der Waals surface area contributed by atoms with E-state index in [0.29, 0.717) is 6.10 Å². The fourth-order valence-corrected chi connectivity index (χ4v) is 3.17. The number of hydrogen-bond acceptors (Lipinski definition) is 1. The smallest absolute Gasteiger partial charge is 0.0547 e. The summed E-state index contributed by atoms with van der Waals surface area (Å²) in [5.41, 5.74) is 2.60. The van der Waals surface area contributed by atoms with Crippen LogP contribution in [0.5, 0.6) is 0 Å². The second kappa shape index (κ2) is 11.7. The van der Waals surface area contributed by atoms with E-state index < -0.39 is 0 Å². The van der Waals surface area contributed by atoms with Gasteiger partial charge in [0, 0.05) is 6.61 Å². The summed E-state index contributed by atoms with van der Waals surface area (Å²) in [5.74, 6) is 0. The van der Waals surface area contributed by atoms with Gasteiger partial charge < -0.3 is 4.74 Å². The number of ether oxygens (including phenoxy) is 1. The van der Waals surface area contributed by atoms with E-state index in [9.17, 15) is 0 Å². The highest BCUT2D eigenvalue weighted by atomic mass is 16.5. The van der Waals surface area contributed by atoms with Gasteiger partial charge in [0.05, 0.1) is 6.10 Å². The lowest BCUT2D eigenvalue weighted by Gasteiger charge is -2.12. The second-order valence-corrected chi connectivity index (χ2v) is 7.16. The Morgan fingerprint density at radius 3 is 2.65 bits per heavy atom. The van der Waals surface area contributed by atoms with Crippen LogP contribution in [0.1, 0.15) is 63.5 Å². The van der Waals surface area contributed by atoms with Gasteiger partial charge in [-0.15, -0.1) is 6.58 Å². The third kappa shape index (κ3) is 7.17. The maximum Gasteiger partial charge on any atom is 0.0547 e. The lowest BCUT2D eigenvalue weighted by Crippen LogP contribution is -2.08. The highest BCUT2D eigenvalue weighted by Crippen LogP contribution is 2.19. The molecule has 0 spiro atoms. The SMILES string of the molecule is C=CCc1ccc2cc(C=CCCCC(C)OCCCCC)ccc2c1. The Kier molecular flexibility index (Phi) is 9.20. The molecule has 0 saturated heterocycles. The second-order valence-electron chi connectivity index (χ2n) is 7.16. The molecule has 0 heterocycles. The molecule has 0 N–H and O–H groups in total. The quantitative estimate of drug-likeness (QED) is 0.287. The van der Waals surface area contributed by atoms with Crippen molar-refractivity contribution in [2.24, 2.45) is 0 Å². The van der Waals surface area contributed by atoms with Gasteiger partial charge in [-0.3, -0.25) is 0 Å². The van der Waals surface area contributed by atoms with Crippen molar-refractivity contribution in [3.8, 4) is 0 Å². The third-order valence-corrected chi connectivity index (χ3v) is 4.75. The lowest BCUT2D eigenvalue weighted by molar-refractivity contribution is 0.0566. The Morgan fingerprint density at radius 1 is 1.04 bits per heavy atom. The Morgan fingerprint density at radius 2 is 1.85 bits per heavy atom. The van der Waals surface area contributed by atoms with Gasteiger partial charge in [0.15, 0.2) is 0 Å². The van der Waals surface area contributed by atoms with Gasteiger partial charge >= 0.3 is 0 Å². The van der Waals surface area contributed by atoms with Gasteiger partial charge in [-0.1, -0.05) is 68.3 Å². The van der Waals surface area contributed by atoms with Crippen molar-refractivity contribution in [2.45, 2.75) is 64.9 Å². The van der Waals surface area contributed by atoms with Crippen molar-refractivity contribution < 1.29 is 4.74 Å². The number of hydrogen-bond donors (Lipinski definition) is 0. The summed E-state index contributed by atoms with van der Waals surface area (Å²) in [4.78, 5) is 0. The van der Waals surface area contributed by atoms with E-state index in [2.05, 4.69) is 69.0 Å². The molecule has 0 fully saturated rings. The Balaban J connectivity index is 1.75. The van der Waals surface area contributed by atoms with Gasteiger partial charge in [-0.2, -0.15) is 0 Å². The molecule has 2 rings (SSSR count). The van der Waals surface area contributed by atoms with Crippen LogP contribution in [0.25, 0.3) is 16.8 Å². The van der Waals surface area contributed by atoms with E-state index in [1.807, 2.05) is 6.08 Å². The number of allylic oxidation sites excluding steroid dienone is 2. The maximum absolute atomic E-state index is 5.85. The van der Waals surface area contributed by atoms with Gasteiger partial charge in [0.1, 0.15) is 0 Å². The first-order valence-electron chi connectivity index (χ1n) is 10.1. The number of fused-ring (bicyclic) bond motifs is 1. The van der Waals surface area contributed by atoms with Crippen LogP contribution in [-0.4, -0.2) is 12.7 Å². The molecular formula is C25H34O. The van der Waals surface area contributed by atoms with E-state index in [4.69, 9.17) is 4.74 Å². The van der Waals surface area contributed by atoms with Crippen molar-refractivity contribution in [2.75, 3.05) is 6.61 Å². The summed E-state index contributed by atoms with van der Waals surface area (Å²) in [6.07, 6.45) is 14.9. The first kappa shape index (κ1) is 20.5. The summed E-state index contributed by atoms with van der Waals surface area (Å²) < 4.78 is 5.85. The van der Waals surface area contributed by atoms with E-state index in [1.54, 1.807) is 0 Å². The van der Waals surface area contributed by atoms with Crippen molar-refractivity contribution >= 4 is 16.8 Å². The lowest BCUT2D eigenvalue weighted by atomic mass is 10.0. The van der Waals surface area contributed by atoms with Crippen molar-refractivity contribution in [3.05, 3.63) is 66.3 Å². The summed E-state index contributed by atoms with van der Waals surface area (Å²) in [7, 11) is 0. The van der Waals surface area contributed by atoms with Crippen LogP contribution in [0.2, 0.25) is 0 Å². The molecule has 26 heavy (non-hydrogen) atoms. The average Bonchev–Trinajstić information content (AvgIpc) is 2.65. The van der Waals surface area contributed by atoms with Gasteiger partial charge in [-0.05, 0) is 67.0 Å². The molecule has 0 aromatic heterocycles. The summed E-state index contributed by atoms with van der Waals surface area (Å²) in [6.45, 7) is 9.15. The molecule has 0 saturated carbocycles. The minimum absolute atomic E-state index is 0.380. The highest BCUT2D eigenvalue weighted by molar-refractivity contribution is 5.85. The van der Waals surface area contributed by atoms with Crippen molar-refractivity contribution in [1.29, 1.82) is 0 Å². The zero-order valence-electron chi connectivity index (χ0n) is 16.5. The molecule has 140 valence electrons. The number of unbranched alkanes of at least 4 members (excludes halogenated alkanes) is 3. The predicted molar refractivity (Wildman–Crippen MR) is 116 cm³/mol. The van der Waals surface area contributed by atoms with Crippen LogP contribution in [0.3, 0.4) is 0 Å². The van der Waals surface area contributed by atoms with E-state index >= 15 is 0 Å². The molecule has 0 amide bonds. The molecular weight excluding hydrogens is 316 g/mol. The topological polar surface area (TPSA) is 9.23 Å². The monoisotopic (exact) mass is 350 g/mol. The van der Waals surface area contributed by atoms with Crippen LogP contribution in [0.4, 0.5) is 0 Å². The molecule has 0 aliphatic heterocycles. The number of benzene rings is 2. The minimum Gasteiger partial charge on any atom is -0.379 e. The first-order valence-corrected chi connectivity index (χ1v) is 10.1. The fraction of sp³-hybridized carbons (Fsp3) is 0.440. The van der Waals surface area contributed by atoms with Crippen LogP contribution >= 0.6 is 0 Å². The van der Waals surface area contributed by atoms with Crippen LogP contribution in [0, 0.1) is 0 Å². The molecule has 1 atom stereocenters. The third-order valence-electron chi connectivity index (χ3n) is 4.75. The van der Waals surface area contributed by atoms with Gasteiger partial charge in [-0.25, -0.2) is 0 Å². The zero-order valence-corrected chi connectivity index (χ0v) is 16.5. The van der Waals surface area contributed by atoms with Gasteiger partial charge in [0.25, 0.3) is 0 Å². The molecule has 1 heteroatoms. The normalized spacial score (nSPS) is 12.7. The molecule has 0 radical (unpaired) electrons. The molecule has 0 bridgehead atoms.